The van der Waals surface area contributed by atoms with Gasteiger partial charge in [-0.2, -0.15) is 12.6 Å². The molecule has 0 aromatic rings. The lowest BCUT2D eigenvalue weighted by atomic mass is 9.91. The second-order valence-electron chi connectivity index (χ2n) is 7.58. The number of nitrogens with one attached hydrogen (secondary N) is 1. The van der Waals surface area contributed by atoms with Crippen molar-refractivity contribution in [2.75, 3.05) is 52.5 Å². The number of hydrogen-bond acceptors (Lipinski definition) is 5. The SMILES string of the molecule is CC(S)CNC[C@@H]1CN(CCOCCCC(C)(C)C)CCO1. The van der Waals surface area contributed by atoms with Crippen LogP contribution < -0.4 is 5.32 Å². The molecule has 1 fully saturated rings. The summed E-state index contributed by atoms with van der Waals surface area (Å²) in [6.07, 6.45) is 2.67. The van der Waals surface area contributed by atoms with E-state index in [0.717, 1.165) is 59.0 Å². The van der Waals surface area contributed by atoms with E-state index in [-0.39, 0.29) is 0 Å². The van der Waals surface area contributed by atoms with E-state index in [1.807, 2.05) is 0 Å². The molecule has 1 aliphatic rings. The Labute approximate surface area is 142 Å². The molecule has 0 spiro atoms. The van der Waals surface area contributed by atoms with E-state index < -0.39 is 0 Å². The number of ether oxygens (including phenoxy) is 2. The lowest BCUT2D eigenvalue weighted by Gasteiger charge is -2.33. The van der Waals surface area contributed by atoms with Crippen molar-refractivity contribution < 1.29 is 9.47 Å². The average molecular weight is 333 g/mol. The molecule has 0 bridgehead atoms. The first-order valence-corrected chi connectivity index (χ1v) is 9.19. The largest absolute Gasteiger partial charge is 0.380 e. The lowest BCUT2D eigenvalue weighted by Crippen LogP contribution is -2.48. The molecule has 1 N–H and O–H groups in total. The van der Waals surface area contributed by atoms with Gasteiger partial charge in [0, 0.05) is 44.6 Å². The van der Waals surface area contributed by atoms with Crippen LogP contribution in [0.15, 0.2) is 0 Å². The summed E-state index contributed by atoms with van der Waals surface area (Å²) in [5.74, 6) is 0. The van der Waals surface area contributed by atoms with E-state index >= 15 is 0 Å². The summed E-state index contributed by atoms with van der Waals surface area (Å²) >= 11 is 4.38. The van der Waals surface area contributed by atoms with E-state index in [2.05, 4.69) is 50.5 Å². The predicted octanol–water partition coefficient (Wildman–Crippen LogP) is 2.44. The molecule has 1 rings (SSSR count). The summed E-state index contributed by atoms with van der Waals surface area (Å²) in [5.41, 5.74) is 0.415. The van der Waals surface area contributed by atoms with Gasteiger partial charge < -0.3 is 14.8 Å². The number of rotatable bonds is 10. The van der Waals surface area contributed by atoms with Crippen LogP contribution in [0.1, 0.15) is 40.5 Å². The van der Waals surface area contributed by atoms with Crippen molar-refractivity contribution in [1.29, 1.82) is 0 Å². The van der Waals surface area contributed by atoms with Crippen LogP contribution in [-0.4, -0.2) is 68.8 Å². The molecule has 0 aromatic carbocycles. The molecule has 1 unspecified atom stereocenters. The third-order valence-corrected chi connectivity index (χ3v) is 3.98. The van der Waals surface area contributed by atoms with Crippen LogP contribution in [0.4, 0.5) is 0 Å². The normalized spacial score (nSPS) is 22.0. The van der Waals surface area contributed by atoms with E-state index in [0.29, 0.717) is 16.8 Å². The Bertz CT molecular complexity index is 282. The number of morpholine rings is 1. The summed E-state index contributed by atoms with van der Waals surface area (Å²) in [6.45, 7) is 16.4. The predicted molar refractivity (Wildman–Crippen MR) is 97.0 cm³/mol. The van der Waals surface area contributed by atoms with Crippen molar-refractivity contribution in [3.05, 3.63) is 0 Å². The van der Waals surface area contributed by atoms with E-state index in [1.54, 1.807) is 0 Å². The van der Waals surface area contributed by atoms with Crippen LogP contribution in [0.2, 0.25) is 0 Å². The fraction of sp³-hybridized carbons (Fsp3) is 1.00. The molecule has 2 atom stereocenters. The fourth-order valence-corrected chi connectivity index (χ4v) is 2.69. The zero-order valence-electron chi connectivity index (χ0n) is 14.9. The van der Waals surface area contributed by atoms with Crippen LogP contribution >= 0.6 is 12.6 Å². The lowest BCUT2D eigenvalue weighted by molar-refractivity contribution is -0.0350. The summed E-state index contributed by atoms with van der Waals surface area (Å²) < 4.78 is 11.6. The zero-order chi connectivity index (χ0) is 16.4. The molecule has 0 aliphatic carbocycles. The van der Waals surface area contributed by atoms with Crippen LogP contribution in [0, 0.1) is 5.41 Å². The van der Waals surface area contributed by atoms with Crippen molar-refractivity contribution >= 4 is 12.6 Å². The first-order chi connectivity index (χ1) is 10.4. The molecule has 0 amide bonds. The van der Waals surface area contributed by atoms with Gasteiger partial charge in [0.1, 0.15) is 0 Å². The van der Waals surface area contributed by atoms with Crippen molar-refractivity contribution in [2.45, 2.75) is 51.9 Å². The fourth-order valence-electron chi connectivity index (χ4n) is 2.56. The van der Waals surface area contributed by atoms with E-state index in [4.69, 9.17) is 9.47 Å². The second-order valence-corrected chi connectivity index (χ2v) is 8.46. The molecular weight excluding hydrogens is 296 g/mol. The Balaban J connectivity index is 2.03. The van der Waals surface area contributed by atoms with Crippen LogP contribution in [-0.2, 0) is 9.47 Å². The van der Waals surface area contributed by atoms with Gasteiger partial charge in [-0.15, -0.1) is 0 Å². The third kappa shape index (κ3) is 10.8. The summed E-state index contributed by atoms with van der Waals surface area (Å²) in [4.78, 5) is 2.45. The van der Waals surface area contributed by atoms with E-state index in [9.17, 15) is 0 Å². The minimum Gasteiger partial charge on any atom is -0.380 e. The third-order valence-electron chi connectivity index (χ3n) is 3.80. The van der Waals surface area contributed by atoms with Gasteiger partial charge in [-0.05, 0) is 18.3 Å². The molecule has 5 heteroatoms. The van der Waals surface area contributed by atoms with E-state index in [1.165, 1.54) is 6.42 Å². The first-order valence-electron chi connectivity index (χ1n) is 8.67. The highest BCUT2D eigenvalue weighted by atomic mass is 32.1. The maximum Gasteiger partial charge on any atom is 0.0826 e. The van der Waals surface area contributed by atoms with Crippen LogP contribution in [0.5, 0.6) is 0 Å². The molecule has 4 nitrogen and oxygen atoms in total. The summed E-state index contributed by atoms with van der Waals surface area (Å²) in [7, 11) is 0. The molecule has 1 aliphatic heterocycles. The first kappa shape index (κ1) is 20.2. The quantitative estimate of drug-likeness (QED) is 0.476. The summed E-state index contributed by atoms with van der Waals surface area (Å²) in [6, 6.07) is 0. The highest BCUT2D eigenvalue weighted by Gasteiger charge is 2.19. The van der Waals surface area contributed by atoms with Crippen molar-refractivity contribution in [3.63, 3.8) is 0 Å². The number of thiol groups is 1. The molecular formula is C17H36N2O2S. The molecule has 22 heavy (non-hydrogen) atoms. The van der Waals surface area contributed by atoms with Gasteiger partial charge in [0.2, 0.25) is 0 Å². The average Bonchev–Trinajstić information content (AvgIpc) is 2.41. The maximum atomic E-state index is 5.80. The van der Waals surface area contributed by atoms with Crippen molar-refractivity contribution in [3.8, 4) is 0 Å². The Hall–Kier alpha value is 0.190. The van der Waals surface area contributed by atoms with Gasteiger partial charge in [-0.25, -0.2) is 0 Å². The van der Waals surface area contributed by atoms with Crippen LogP contribution in [0.25, 0.3) is 0 Å². The van der Waals surface area contributed by atoms with Crippen molar-refractivity contribution in [1.82, 2.24) is 10.2 Å². The zero-order valence-corrected chi connectivity index (χ0v) is 15.8. The van der Waals surface area contributed by atoms with Gasteiger partial charge in [0.05, 0.1) is 19.3 Å². The minimum absolute atomic E-state index is 0.293. The van der Waals surface area contributed by atoms with Gasteiger partial charge in [0.25, 0.3) is 0 Å². The highest BCUT2D eigenvalue weighted by Crippen LogP contribution is 2.20. The molecule has 0 radical (unpaired) electrons. The smallest absolute Gasteiger partial charge is 0.0826 e. The molecule has 0 aromatic heterocycles. The topological polar surface area (TPSA) is 33.7 Å². The second kappa shape index (κ2) is 10.9. The Kier molecular flexibility index (Phi) is 10.00. The summed E-state index contributed by atoms with van der Waals surface area (Å²) in [5, 5.41) is 3.80. The van der Waals surface area contributed by atoms with Gasteiger partial charge in [-0.3, -0.25) is 4.90 Å². The number of hydrogen-bond donors (Lipinski definition) is 2. The standard InChI is InChI=1S/C17H36N2O2S/c1-15(22)12-18-13-16-14-19(8-11-21-16)7-10-20-9-5-6-17(2,3)4/h15-16,18,22H,5-14H2,1-4H3/t15?,16-/m1/s1. The Morgan fingerprint density at radius 1 is 1.36 bits per heavy atom. The van der Waals surface area contributed by atoms with Gasteiger partial charge in [0.15, 0.2) is 0 Å². The number of nitrogens with zero attached hydrogens (tertiary/aromatic N) is 1. The molecule has 0 saturated carbocycles. The van der Waals surface area contributed by atoms with Gasteiger partial charge in [-0.1, -0.05) is 27.7 Å². The highest BCUT2D eigenvalue weighted by molar-refractivity contribution is 7.80. The maximum absolute atomic E-state index is 5.80. The van der Waals surface area contributed by atoms with Gasteiger partial charge >= 0.3 is 0 Å². The molecule has 1 heterocycles. The minimum atomic E-state index is 0.293. The van der Waals surface area contributed by atoms with Crippen molar-refractivity contribution in [2.24, 2.45) is 5.41 Å². The monoisotopic (exact) mass is 332 g/mol. The molecule has 1 saturated heterocycles. The molecule has 132 valence electrons. The van der Waals surface area contributed by atoms with Crippen LogP contribution in [0.3, 0.4) is 0 Å². The Morgan fingerprint density at radius 2 is 2.14 bits per heavy atom. The Morgan fingerprint density at radius 3 is 2.82 bits per heavy atom.